The van der Waals surface area contributed by atoms with E-state index in [9.17, 15) is 19.8 Å². The number of ether oxygens (including phenoxy) is 1. The second-order valence-electron chi connectivity index (χ2n) is 10.7. The Balaban J connectivity index is 2.06. The van der Waals surface area contributed by atoms with Crippen LogP contribution in [0.25, 0.3) is 0 Å². The number of carboxylic acid groups (broad SMARTS) is 1. The van der Waals surface area contributed by atoms with E-state index in [0.717, 1.165) is 37.0 Å². The smallest absolute Gasteiger partial charge is 0.348 e. The lowest BCUT2D eigenvalue weighted by molar-refractivity contribution is -0.154. The summed E-state index contributed by atoms with van der Waals surface area (Å²) >= 11 is 1.12. The number of carbonyl (C=O) groups excluding carboxylic acids is 1. The molecule has 1 saturated carbocycles. The fraction of sp³-hybridized carbons (Fsp3) is 0.692. The van der Waals surface area contributed by atoms with Gasteiger partial charge in [0, 0.05) is 5.41 Å². The summed E-state index contributed by atoms with van der Waals surface area (Å²) in [6.07, 6.45) is 5.69. The van der Waals surface area contributed by atoms with Gasteiger partial charge < -0.3 is 19.8 Å². The van der Waals surface area contributed by atoms with Crippen molar-refractivity contribution in [2.45, 2.75) is 97.3 Å². The first-order valence-electron chi connectivity index (χ1n) is 12.0. The molecule has 182 valence electrons. The van der Waals surface area contributed by atoms with Crippen molar-refractivity contribution in [3.63, 3.8) is 0 Å². The van der Waals surface area contributed by atoms with Crippen LogP contribution >= 0.6 is 11.3 Å². The van der Waals surface area contributed by atoms with Gasteiger partial charge in [0.1, 0.15) is 10.5 Å². The summed E-state index contributed by atoms with van der Waals surface area (Å²) in [6.45, 7) is 9.83. The lowest BCUT2D eigenvalue weighted by atomic mass is 9.81. The number of aromatic carboxylic acids is 1. The quantitative estimate of drug-likeness (QED) is 0.561. The first-order chi connectivity index (χ1) is 15.4. The number of carbonyl (C=O) groups is 2. The molecule has 1 unspecified atom stereocenters. The maximum Gasteiger partial charge on any atom is 0.348 e. The highest BCUT2D eigenvalue weighted by Crippen LogP contribution is 2.41. The van der Waals surface area contributed by atoms with Crippen LogP contribution in [0.5, 0.6) is 0 Å². The highest BCUT2D eigenvalue weighted by molar-refractivity contribution is 7.15. The van der Waals surface area contributed by atoms with E-state index in [0.29, 0.717) is 30.0 Å². The highest BCUT2D eigenvalue weighted by atomic mass is 32.1. The van der Waals surface area contributed by atoms with Gasteiger partial charge >= 0.3 is 5.97 Å². The summed E-state index contributed by atoms with van der Waals surface area (Å²) < 4.78 is 6.17. The molecule has 3 atom stereocenters. The van der Waals surface area contributed by atoms with Gasteiger partial charge in [0.15, 0.2) is 0 Å². The Bertz CT molecular complexity index is 929. The van der Waals surface area contributed by atoms with E-state index in [1.54, 1.807) is 24.8 Å². The van der Waals surface area contributed by atoms with Crippen molar-refractivity contribution in [1.82, 2.24) is 0 Å². The molecule has 1 aromatic heterocycles. The summed E-state index contributed by atoms with van der Waals surface area (Å²) in [5.74, 6) is 5.28. The minimum Gasteiger partial charge on any atom is -0.477 e. The lowest BCUT2D eigenvalue weighted by Crippen LogP contribution is -2.62. The van der Waals surface area contributed by atoms with Gasteiger partial charge in [-0.05, 0) is 72.3 Å². The summed E-state index contributed by atoms with van der Waals surface area (Å²) in [5.41, 5.74) is -0.887. The Morgan fingerprint density at radius 3 is 2.58 bits per heavy atom. The third kappa shape index (κ3) is 6.17. The number of nitrogens with zero attached hydrogens (tertiary/aromatic N) is 1. The summed E-state index contributed by atoms with van der Waals surface area (Å²) in [7, 11) is 0. The molecule has 1 aromatic rings. The summed E-state index contributed by atoms with van der Waals surface area (Å²) in [5, 5.41) is 19.8. The number of hydrogen-bond donors (Lipinski definition) is 2. The highest BCUT2D eigenvalue weighted by Gasteiger charge is 2.49. The number of aliphatic hydroxyl groups excluding tert-OH is 1. The molecule has 2 aliphatic rings. The van der Waals surface area contributed by atoms with E-state index in [-0.39, 0.29) is 28.2 Å². The van der Waals surface area contributed by atoms with E-state index in [1.807, 2.05) is 20.8 Å². The zero-order chi connectivity index (χ0) is 24.4. The number of rotatable bonds is 6. The van der Waals surface area contributed by atoms with E-state index in [4.69, 9.17) is 4.74 Å². The lowest BCUT2D eigenvalue weighted by Gasteiger charge is -2.47. The molecule has 2 N–H and O–H groups in total. The molecule has 2 heterocycles. The van der Waals surface area contributed by atoms with E-state index >= 15 is 0 Å². The van der Waals surface area contributed by atoms with Crippen molar-refractivity contribution in [3.8, 4) is 11.8 Å². The summed E-state index contributed by atoms with van der Waals surface area (Å²) in [4.78, 5) is 28.6. The van der Waals surface area contributed by atoms with Gasteiger partial charge in [0.05, 0.1) is 29.3 Å². The van der Waals surface area contributed by atoms with Crippen LogP contribution in [-0.2, 0) is 9.53 Å². The summed E-state index contributed by atoms with van der Waals surface area (Å²) in [6, 6.07) is 1.56. The van der Waals surface area contributed by atoms with Crippen molar-refractivity contribution in [1.29, 1.82) is 0 Å². The van der Waals surface area contributed by atoms with Gasteiger partial charge in [-0.15, -0.1) is 11.3 Å². The molecule has 6 nitrogen and oxygen atoms in total. The van der Waals surface area contributed by atoms with Crippen LogP contribution in [0.3, 0.4) is 0 Å². The van der Waals surface area contributed by atoms with Gasteiger partial charge in [-0.25, -0.2) is 4.79 Å². The van der Waals surface area contributed by atoms with Gasteiger partial charge in [0.25, 0.3) is 5.91 Å². The van der Waals surface area contributed by atoms with Crippen LogP contribution in [0.1, 0.15) is 94.1 Å². The van der Waals surface area contributed by atoms with E-state index in [2.05, 4.69) is 11.8 Å². The third-order valence-electron chi connectivity index (χ3n) is 6.54. The van der Waals surface area contributed by atoms with Crippen molar-refractivity contribution >= 4 is 28.9 Å². The van der Waals surface area contributed by atoms with E-state index < -0.39 is 17.7 Å². The number of amides is 1. The molecule has 0 radical (unpaired) electrons. The number of carboxylic acids is 1. The fourth-order valence-corrected chi connectivity index (χ4v) is 5.49. The minimum absolute atomic E-state index is 0.141. The Kier molecular flexibility index (Phi) is 7.93. The molecule has 0 aromatic carbocycles. The van der Waals surface area contributed by atoms with Crippen molar-refractivity contribution in [2.75, 3.05) is 11.5 Å². The molecule has 1 amide bonds. The molecular weight excluding hydrogens is 438 g/mol. The van der Waals surface area contributed by atoms with Crippen LogP contribution in [0, 0.1) is 23.2 Å². The van der Waals surface area contributed by atoms with Gasteiger partial charge in [-0.1, -0.05) is 31.1 Å². The van der Waals surface area contributed by atoms with Crippen molar-refractivity contribution < 1.29 is 24.5 Å². The average molecular weight is 476 g/mol. The largest absolute Gasteiger partial charge is 0.477 e. The number of hydrogen-bond acceptors (Lipinski definition) is 5. The normalized spacial score (nSPS) is 25.5. The molecular formula is C26H37NO5S. The maximum absolute atomic E-state index is 13.9. The average Bonchev–Trinajstić information content (AvgIpc) is 3.17. The predicted molar refractivity (Wildman–Crippen MR) is 131 cm³/mol. The molecule has 33 heavy (non-hydrogen) atoms. The monoisotopic (exact) mass is 475 g/mol. The fourth-order valence-electron chi connectivity index (χ4n) is 4.65. The predicted octanol–water partition coefficient (Wildman–Crippen LogP) is 5.08. The van der Waals surface area contributed by atoms with E-state index in [1.165, 1.54) is 6.42 Å². The first kappa shape index (κ1) is 25.7. The Morgan fingerprint density at radius 2 is 2.00 bits per heavy atom. The van der Waals surface area contributed by atoms with Crippen LogP contribution in [-0.4, -0.2) is 46.4 Å². The van der Waals surface area contributed by atoms with Crippen LogP contribution in [0.4, 0.5) is 5.69 Å². The molecule has 1 aliphatic carbocycles. The zero-order valence-corrected chi connectivity index (χ0v) is 21.3. The van der Waals surface area contributed by atoms with Gasteiger partial charge in [0.2, 0.25) is 0 Å². The number of morpholine rings is 1. The van der Waals surface area contributed by atoms with Gasteiger partial charge in [-0.2, -0.15) is 0 Å². The Labute approximate surface area is 201 Å². The van der Waals surface area contributed by atoms with Crippen molar-refractivity contribution in [2.24, 2.45) is 11.3 Å². The Morgan fingerprint density at radius 1 is 1.33 bits per heavy atom. The molecule has 0 bridgehead atoms. The number of aliphatic hydroxyl groups is 1. The Hall–Kier alpha value is -1.88. The third-order valence-corrected chi connectivity index (χ3v) is 7.56. The van der Waals surface area contributed by atoms with Crippen LogP contribution < -0.4 is 4.90 Å². The van der Waals surface area contributed by atoms with Crippen molar-refractivity contribution in [3.05, 3.63) is 15.8 Å². The van der Waals surface area contributed by atoms with Crippen LogP contribution in [0.2, 0.25) is 0 Å². The minimum atomic E-state index is -1.10. The molecule has 1 saturated heterocycles. The first-order valence-corrected chi connectivity index (χ1v) is 12.8. The molecule has 1 aliphatic heterocycles. The number of thiophene rings is 1. The molecule has 3 rings (SSSR count). The van der Waals surface area contributed by atoms with Crippen LogP contribution in [0.15, 0.2) is 6.07 Å². The second-order valence-corrected chi connectivity index (χ2v) is 11.8. The molecule has 0 spiro atoms. The number of anilines is 1. The molecule has 7 heteroatoms. The SMILES string of the molecule is CC(O)CC[C@@]1(C)OC[C@@H](C2CCCCC2)N(c2cc(C#CC(C)(C)C)sc2C(=O)O)C1=O. The standard InChI is InChI=1S/C26H37NO5S/c1-17(28)11-14-26(5)24(31)27(21(16-32-26)18-9-7-6-8-10-18)20-15-19(12-13-25(2,3)4)33-22(20)23(29)30/h15,17-18,21,28H,6-11,14,16H2,1-5H3,(H,29,30)/t17?,21-,26+/m0/s1. The maximum atomic E-state index is 13.9. The second kappa shape index (κ2) is 10.2. The molecule has 2 fully saturated rings. The van der Waals surface area contributed by atoms with Gasteiger partial charge in [-0.3, -0.25) is 4.79 Å². The topological polar surface area (TPSA) is 87.1 Å². The zero-order valence-electron chi connectivity index (χ0n) is 20.4.